The van der Waals surface area contributed by atoms with Gasteiger partial charge in [0.25, 0.3) is 5.91 Å². The fraction of sp³-hybridized carbons (Fsp3) is 0.350. The van der Waals surface area contributed by atoms with Gasteiger partial charge >= 0.3 is 0 Å². The number of hydrogen-bond donors (Lipinski definition) is 2. The van der Waals surface area contributed by atoms with E-state index >= 15 is 0 Å². The Morgan fingerprint density at radius 2 is 1.88 bits per heavy atom. The SMILES string of the molecule is COc1ccccc1CNC(=O)C[NH+](C)Cc1ccc(C)cc1C. The molecule has 0 saturated carbocycles. The van der Waals surface area contributed by atoms with Crippen LogP contribution in [0.5, 0.6) is 5.75 Å². The Morgan fingerprint density at radius 1 is 1.12 bits per heavy atom. The van der Waals surface area contributed by atoms with E-state index in [1.807, 2.05) is 31.3 Å². The molecule has 1 amide bonds. The molecule has 128 valence electrons. The number of amides is 1. The summed E-state index contributed by atoms with van der Waals surface area (Å²) in [6, 6.07) is 14.2. The first-order chi connectivity index (χ1) is 11.5. The average molecular weight is 327 g/mol. The molecule has 24 heavy (non-hydrogen) atoms. The molecule has 0 radical (unpaired) electrons. The van der Waals surface area contributed by atoms with Gasteiger partial charge in [0.15, 0.2) is 6.54 Å². The molecule has 0 heterocycles. The second kappa shape index (κ2) is 8.50. The number of para-hydroxylation sites is 1. The molecule has 2 aromatic rings. The third kappa shape index (κ3) is 5.10. The number of likely N-dealkylation sites (N-methyl/N-ethyl adjacent to an activating group) is 1. The highest BCUT2D eigenvalue weighted by molar-refractivity contribution is 5.76. The fourth-order valence-electron chi connectivity index (χ4n) is 2.81. The monoisotopic (exact) mass is 327 g/mol. The Labute approximate surface area is 144 Å². The summed E-state index contributed by atoms with van der Waals surface area (Å²) in [6.07, 6.45) is 0. The van der Waals surface area contributed by atoms with Gasteiger partial charge in [-0.2, -0.15) is 0 Å². The first kappa shape index (κ1) is 18.0. The van der Waals surface area contributed by atoms with Crippen LogP contribution < -0.4 is 15.0 Å². The van der Waals surface area contributed by atoms with Crippen LogP contribution in [0.25, 0.3) is 0 Å². The van der Waals surface area contributed by atoms with Crippen LogP contribution in [-0.2, 0) is 17.9 Å². The van der Waals surface area contributed by atoms with Crippen LogP contribution in [0, 0.1) is 13.8 Å². The predicted octanol–water partition coefficient (Wildman–Crippen LogP) is 1.64. The number of aryl methyl sites for hydroxylation is 2. The maximum atomic E-state index is 12.2. The van der Waals surface area contributed by atoms with Crippen molar-refractivity contribution in [3.63, 3.8) is 0 Å². The maximum Gasteiger partial charge on any atom is 0.275 e. The van der Waals surface area contributed by atoms with Gasteiger partial charge in [-0.1, -0.05) is 42.0 Å². The average Bonchev–Trinajstić information content (AvgIpc) is 2.55. The first-order valence-electron chi connectivity index (χ1n) is 8.25. The molecular weight excluding hydrogens is 300 g/mol. The van der Waals surface area contributed by atoms with Crippen LogP contribution in [-0.4, -0.2) is 26.6 Å². The Morgan fingerprint density at radius 3 is 2.58 bits per heavy atom. The lowest BCUT2D eigenvalue weighted by Gasteiger charge is -2.16. The van der Waals surface area contributed by atoms with Crippen molar-refractivity contribution in [3.05, 3.63) is 64.7 Å². The largest absolute Gasteiger partial charge is 0.496 e. The number of ether oxygens (including phenoxy) is 1. The van der Waals surface area contributed by atoms with Gasteiger partial charge in [0.2, 0.25) is 0 Å². The first-order valence-corrected chi connectivity index (χ1v) is 8.25. The van der Waals surface area contributed by atoms with Crippen molar-refractivity contribution < 1.29 is 14.4 Å². The summed E-state index contributed by atoms with van der Waals surface area (Å²) >= 11 is 0. The molecule has 2 aromatic carbocycles. The standard InChI is InChI=1S/C20H26N2O2/c1-15-9-10-18(16(2)11-15)13-22(3)14-20(23)21-12-17-7-5-6-8-19(17)24-4/h5-11H,12-14H2,1-4H3,(H,21,23)/p+1. The zero-order valence-corrected chi connectivity index (χ0v) is 15.0. The van der Waals surface area contributed by atoms with Gasteiger partial charge < -0.3 is 15.0 Å². The van der Waals surface area contributed by atoms with E-state index in [0.717, 1.165) is 17.9 Å². The second-order valence-electron chi connectivity index (χ2n) is 6.33. The van der Waals surface area contributed by atoms with Crippen LogP contribution in [0.2, 0.25) is 0 Å². The minimum Gasteiger partial charge on any atom is -0.496 e. The van der Waals surface area contributed by atoms with Crippen LogP contribution in [0.3, 0.4) is 0 Å². The van der Waals surface area contributed by atoms with Crippen molar-refractivity contribution in [2.24, 2.45) is 0 Å². The number of carbonyl (C=O) groups excluding carboxylic acids is 1. The van der Waals surface area contributed by atoms with Crippen LogP contribution >= 0.6 is 0 Å². The summed E-state index contributed by atoms with van der Waals surface area (Å²) < 4.78 is 5.30. The zero-order chi connectivity index (χ0) is 17.5. The molecule has 1 unspecified atom stereocenters. The topological polar surface area (TPSA) is 42.8 Å². The number of hydrogen-bond acceptors (Lipinski definition) is 2. The molecule has 0 fully saturated rings. The van der Waals surface area contributed by atoms with E-state index in [9.17, 15) is 4.79 Å². The van der Waals surface area contributed by atoms with Crippen LogP contribution in [0.1, 0.15) is 22.3 Å². The molecule has 2 N–H and O–H groups in total. The molecule has 1 atom stereocenters. The lowest BCUT2D eigenvalue weighted by molar-refractivity contribution is -0.885. The molecule has 0 aliphatic heterocycles. The predicted molar refractivity (Wildman–Crippen MR) is 96.2 cm³/mol. The lowest BCUT2D eigenvalue weighted by Crippen LogP contribution is -3.08. The van der Waals surface area contributed by atoms with E-state index in [1.165, 1.54) is 21.6 Å². The Hall–Kier alpha value is -2.33. The fourth-order valence-corrected chi connectivity index (χ4v) is 2.81. The molecule has 4 nitrogen and oxygen atoms in total. The van der Waals surface area contributed by atoms with Crippen molar-refractivity contribution in [2.75, 3.05) is 20.7 Å². The van der Waals surface area contributed by atoms with E-state index in [2.05, 4.69) is 37.4 Å². The van der Waals surface area contributed by atoms with Gasteiger partial charge in [-0.25, -0.2) is 0 Å². The molecule has 0 bridgehead atoms. The Bertz CT molecular complexity index is 698. The smallest absolute Gasteiger partial charge is 0.275 e. The lowest BCUT2D eigenvalue weighted by atomic mass is 10.1. The van der Waals surface area contributed by atoms with Gasteiger partial charge in [-0.15, -0.1) is 0 Å². The highest BCUT2D eigenvalue weighted by Crippen LogP contribution is 2.16. The summed E-state index contributed by atoms with van der Waals surface area (Å²) in [5.74, 6) is 0.844. The molecule has 0 aromatic heterocycles. The normalized spacial score (nSPS) is 11.8. The summed E-state index contributed by atoms with van der Waals surface area (Å²) in [4.78, 5) is 13.3. The summed E-state index contributed by atoms with van der Waals surface area (Å²) in [6.45, 7) is 5.99. The Balaban J connectivity index is 1.85. The molecule has 0 aliphatic rings. The molecule has 2 rings (SSSR count). The quantitative estimate of drug-likeness (QED) is 0.812. The van der Waals surface area contributed by atoms with Gasteiger partial charge in [-0.05, 0) is 25.5 Å². The van der Waals surface area contributed by atoms with Gasteiger partial charge in [0, 0.05) is 17.7 Å². The maximum absolute atomic E-state index is 12.2. The number of benzene rings is 2. The van der Waals surface area contributed by atoms with Gasteiger partial charge in [0.05, 0.1) is 14.2 Å². The molecule has 0 aliphatic carbocycles. The van der Waals surface area contributed by atoms with Crippen LogP contribution in [0.4, 0.5) is 0 Å². The molecular formula is C20H27N2O2+. The number of quaternary nitrogens is 1. The van der Waals surface area contributed by atoms with E-state index in [4.69, 9.17) is 4.74 Å². The minimum absolute atomic E-state index is 0.0446. The molecule has 0 saturated heterocycles. The van der Waals surface area contributed by atoms with Gasteiger partial charge in [0.1, 0.15) is 12.3 Å². The highest BCUT2D eigenvalue weighted by Gasteiger charge is 2.12. The Kier molecular flexibility index (Phi) is 6.38. The summed E-state index contributed by atoms with van der Waals surface area (Å²) in [5.41, 5.74) is 4.82. The van der Waals surface area contributed by atoms with Gasteiger partial charge in [-0.3, -0.25) is 4.79 Å². The van der Waals surface area contributed by atoms with Crippen molar-refractivity contribution in [3.8, 4) is 5.75 Å². The van der Waals surface area contributed by atoms with E-state index in [1.54, 1.807) is 7.11 Å². The van der Waals surface area contributed by atoms with E-state index in [-0.39, 0.29) is 5.91 Å². The molecule has 0 spiro atoms. The van der Waals surface area contributed by atoms with Crippen molar-refractivity contribution >= 4 is 5.91 Å². The van der Waals surface area contributed by atoms with Crippen molar-refractivity contribution in [1.29, 1.82) is 0 Å². The molecule has 4 heteroatoms. The summed E-state index contributed by atoms with van der Waals surface area (Å²) in [7, 11) is 3.68. The number of rotatable bonds is 7. The van der Waals surface area contributed by atoms with E-state index in [0.29, 0.717) is 13.1 Å². The third-order valence-electron chi connectivity index (χ3n) is 4.12. The minimum atomic E-state index is 0.0446. The summed E-state index contributed by atoms with van der Waals surface area (Å²) in [5, 5.41) is 2.97. The van der Waals surface area contributed by atoms with Crippen molar-refractivity contribution in [2.45, 2.75) is 26.9 Å². The van der Waals surface area contributed by atoms with Crippen molar-refractivity contribution in [1.82, 2.24) is 5.32 Å². The number of carbonyl (C=O) groups is 1. The highest BCUT2D eigenvalue weighted by atomic mass is 16.5. The van der Waals surface area contributed by atoms with E-state index < -0.39 is 0 Å². The number of methoxy groups -OCH3 is 1. The number of nitrogens with one attached hydrogen (secondary N) is 2. The van der Waals surface area contributed by atoms with Crippen LogP contribution in [0.15, 0.2) is 42.5 Å². The second-order valence-corrected chi connectivity index (χ2v) is 6.33. The zero-order valence-electron chi connectivity index (χ0n) is 15.0. The third-order valence-corrected chi connectivity index (χ3v) is 4.12.